The zero-order valence-electron chi connectivity index (χ0n) is 10.3. The number of benzene rings is 1. The minimum atomic E-state index is -0.734. The van der Waals surface area contributed by atoms with E-state index in [1.54, 1.807) is 24.5 Å². The van der Waals surface area contributed by atoms with Gasteiger partial charge in [0.25, 0.3) is 11.8 Å². The molecule has 1 atom stereocenters. The molecule has 3 rings (SSSR count). The second kappa shape index (κ2) is 4.65. The van der Waals surface area contributed by atoms with E-state index in [-0.39, 0.29) is 12.5 Å². The number of aromatic nitrogens is 2. The molecule has 0 aliphatic carbocycles. The summed E-state index contributed by atoms with van der Waals surface area (Å²) < 4.78 is 0. The van der Waals surface area contributed by atoms with Gasteiger partial charge >= 0.3 is 6.03 Å². The van der Waals surface area contributed by atoms with Gasteiger partial charge in [-0.15, -0.1) is 0 Å². The van der Waals surface area contributed by atoms with Gasteiger partial charge in [0.1, 0.15) is 6.04 Å². The van der Waals surface area contributed by atoms with Crippen LogP contribution in [-0.2, 0) is 4.79 Å². The Morgan fingerprint density at radius 3 is 2.95 bits per heavy atom. The zero-order chi connectivity index (χ0) is 14.1. The standard InChI is InChI=1S/C12H11N5O3/c18-10(13-4-9-11(19)17-12(20)16-9)6-1-2-7-8(3-6)15-5-14-7/h1-3,5,9H,4H2,(H,13,18)(H,14,15)(H2,16,17,19,20). The normalized spacial score (nSPS) is 17.9. The summed E-state index contributed by atoms with van der Waals surface area (Å²) in [6.45, 7) is 0.0391. The summed E-state index contributed by atoms with van der Waals surface area (Å²) in [4.78, 5) is 41.2. The third-order valence-electron chi connectivity index (χ3n) is 3.01. The maximum absolute atomic E-state index is 12.0. The van der Waals surface area contributed by atoms with Crippen LogP contribution in [0.1, 0.15) is 10.4 Å². The fourth-order valence-electron chi connectivity index (χ4n) is 1.98. The van der Waals surface area contributed by atoms with Crippen molar-refractivity contribution in [2.24, 2.45) is 0 Å². The van der Waals surface area contributed by atoms with Gasteiger partial charge in [0.2, 0.25) is 0 Å². The van der Waals surface area contributed by atoms with Crippen LogP contribution >= 0.6 is 0 Å². The molecule has 8 heteroatoms. The van der Waals surface area contributed by atoms with Crippen molar-refractivity contribution in [3.8, 4) is 0 Å². The van der Waals surface area contributed by atoms with Crippen molar-refractivity contribution in [3.05, 3.63) is 30.1 Å². The van der Waals surface area contributed by atoms with Crippen molar-refractivity contribution >= 4 is 28.9 Å². The molecule has 0 saturated carbocycles. The SMILES string of the molecule is O=C1NC(=O)C(CNC(=O)c2ccc3nc[nH]c3c2)N1. The van der Waals surface area contributed by atoms with Gasteiger partial charge in [0.05, 0.1) is 17.4 Å². The Hall–Kier alpha value is -2.90. The smallest absolute Gasteiger partial charge is 0.322 e. The Kier molecular flexibility index (Phi) is 2.82. The molecule has 1 aromatic carbocycles. The van der Waals surface area contributed by atoms with Crippen LogP contribution in [0.4, 0.5) is 4.79 Å². The van der Waals surface area contributed by atoms with E-state index in [1.165, 1.54) is 0 Å². The predicted molar refractivity (Wildman–Crippen MR) is 68.9 cm³/mol. The summed E-state index contributed by atoms with van der Waals surface area (Å²) in [5.74, 6) is -0.769. The summed E-state index contributed by atoms with van der Waals surface area (Å²) in [6, 6.07) is 3.76. The Bertz CT molecular complexity index is 708. The van der Waals surface area contributed by atoms with E-state index in [0.29, 0.717) is 5.56 Å². The highest BCUT2D eigenvalue weighted by atomic mass is 16.2. The molecule has 8 nitrogen and oxygen atoms in total. The maximum Gasteiger partial charge on any atom is 0.322 e. The molecule has 20 heavy (non-hydrogen) atoms. The first kappa shape index (κ1) is 12.2. The number of nitrogens with one attached hydrogen (secondary N) is 4. The average molecular weight is 273 g/mol. The number of carbonyl (C=O) groups excluding carboxylic acids is 3. The minimum Gasteiger partial charge on any atom is -0.349 e. The largest absolute Gasteiger partial charge is 0.349 e. The molecule has 1 saturated heterocycles. The molecule has 1 unspecified atom stereocenters. The first-order valence-electron chi connectivity index (χ1n) is 5.96. The van der Waals surface area contributed by atoms with Gasteiger partial charge in [0.15, 0.2) is 0 Å². The second-order valence-corrected chi connectivity index (χ2v) is 4.36. The van der Waals surface area contributed by atoms with Gasteiger partial charge < -0.3 is 15.6 Å². The van der Waals surface area contributed by atoms with E-state index in [0.717, 1.165) is 11.0 Å². The van der Waals surface area contributed by atoms with Gasteiger partial charge in [-0.2, -0.15) is 0 Å². The number of imide groups is 1. The Balaban J connectivity index is 1.67. The van der Waals surface area contributed by atoms with Crippen LogP contribution in [-0.4, -0.2) is 40.4 Å². The summed E-state index contributed by atoms with van der Waals surface area (Å²) >= 11 is 0. The van der Waals surface area contributed by atoms with E-state index in [1.807, 2.05) is 0 Å². The van der Waals surface area contributed by atoms with Gasteiger partial charge in [0, 0.05) is 12.1 Å². The zero-order valence-corrected chi connectivity index (χ0v) is 10.3. The molecule has 1 aromatic heterocycles. The Labute approximate surface area is 112 Å². The molecular formula is C12H11N5O3. The first-order chi connectivity index (χ1) is 9.63. The molecule has 0 bridgehead atoms. The van der Waals surface area contributed by atoms with E-state index >= 15 is 0 Å². The topological polar surface area (TPSA) is 116 Å². The van der Waals surface area contributed by atoms with Crippen molar-refractivity contribution < 1.29 is 14.4 Å². The fraction of sp³-hybridized carbons (Fsp3) is 0.167. The Morgan fingerprint density at radius 2 is 2.20 bits per heavy atom. The van der Waals surface area contributed by atoms with Crippen LogP contribution in [0.2, 0.25) is 0 Å². The lowest BCUT2D eigenvalue weighted by molar-refractivity contribution is -0.120. The lowest BCUT2D eigenvalue weighted by Gasteiger charge is -2.09. The van der Waals surface area contributed by atoms with Crippen molar-refractivity contribution in [3.63, 3.8) is 0 Å². The van der Waals surface area contributed by atoms with Crippen molar-refractivity contribution in [1.29, 1.82) is 0 Å². The van der Waals surface area contributed by atoms with E-state index in [4.69, 9.17) is 0 Å². The van der Waals surface area contributed by atoms with Crippen LogP contribution in [0.15, 0.2) is 24.5 Å². The van der Waals surface area contributed by atoms with Crippen molar-refractivity contribution in [1.82, 2.24) is 25.9 Å². The average Bonchev–Trinajstić information content (AvgIpc) is 3.01. The highest BCUT2D eigenvalue weighted by Crippen LogP contribution is 2.11. The van der Waals surface area contributed by atoms with E-state index < -0.39 is 18.0 Å². The monoisotopic (exact) mass is 273 g/mol. The highest BCUT2D eigenvalue weighted by molar-refractivity contribution is 6.04. The van der Waals surface area contributed by atoms with Crippen molar-refractivity contribution in [2.75, 3.05) is 6.54 Å². The number of imidazole rings is 1. The number of carbonyl (C=O) groups is 3. The van der Waals surface area contributed by atoms with Crippen LogP contribution in [0, 0.1) is 0 Å². The third-order valence-corrected chi connectivity index (χ3v) is 3.01. The molecule has 4 N–H and O–H groups in total. The maximum atomic E-state index is 12.0. The van der Waals surface area contributed by atoms with Crippen LogP contribution in [0.25, 0.3) is 11.0 Å². The van der Waals surface area contributed by atoms with Crippen LogP contribution < -0.4 is 16.0 Å². The third kappa shape index (κ3) is 2.18. The molecule has 102 valence electrons. The van der Waals surface area contributed by atoms with Crippen molar-refractivity contribution in [2.45, 2.75) is 6.04 Å². The number of urea groups is 1. The summed E-state index contributed by atoms with van der Waals surface area (Å²) in [6.07, 6.45) is 1.55. The van der Waals surface area contributed by atoms with Gasteiger partial charge in [-0.05, 0) is 18.2 Å². The first-order valence-corrected chi connectivity index (χ1v) is 5.96. The number of aromatic amines is 1. The lowest BCUT2D eigenvalue weighted by Crippen LogP contribution is -2.41. The quantitative estimate of drug-likeness (QED) is 0.564. The molecule has 2 heterocycles. The van der Waals surface area contributed by atoms with Crippen LogP contribution in [0.5, 0.6) is 0 Å². The lowest BCUT2D eigenvalue weighted by atomic mass is 10.2. The molecular weight excluding hydrogens is 262 g/mol. The fourth-order valence-corrected chi connectivity index (χ4v) is 1.98. The minimum absolute atomic E-state index is 0.0391. The number of rotatable bonds is 3. The number of fused-ring (bicyclic) bond motifs is 1. The molecule has 1 fully saturated rings. The van der Waals surface area contributed by atoms with Gasteiger partial charge in [-0.1, -0.05) is 0 Å². The number of nitrogens with zero attached hydrogens (tertiary/aromatic N) is 1. The van der Waals surface area contributed by atoms with E-state index in [2.05, 4.69) is 25.9 Å². The predicted octanol–water partition coefficient (Wildman–Crippen LogP) is -0.499. The van der Waals surface area contributed by atoms with Gasteiger partial charge in [-0.25, -0.2) is 9.78 Å². The van der Waals surface area contributed by atoms with Crippen LogP contribution in [0.3, 0.4) is 0 Å². The summed E-state index contributed by atoms with van der Waals surface area (Å²) in [5.41, 5.74) is 1.97. The Morgan fingerprint density at radius 1 is 1.35 bits per heavy atom. The van der Waals surface area contributed by atoms with E-state index in [9.17, 15) is 14.4 Å². The second-order valence-electron chi connectivity index (χ2n) is 4.36. The number of hydrogen-bond acceptors (Lipinski definition) is 4. The molecule has 0 spiro atoms. The summed E-state index contributed by atoms with van der Waals surface area (Å²) in [5, 5.41) is 7.10. The summed E-state index contributed by atoms with van der Waals surface area (Å²) in [7, 11) is 0. The molecule has 2 aromatic rings. The number of hydrogen-bond donors (Lipinski definition) is 4. The molecule has 0 radical (unpaired) electrons. The molecule has 4 amide bonds. The highest BCUT2D eigenvalue weighted by Gasteiger charge is 2.29. The number of H-pyrrole nitrogens is 1. The molecule has 1 aliphatic rings. The molecule has 1 aliphatic heterocycles. The number of amides is 4. The van der Waals surface area contributed by atoms with Gasteiger partial charge in [-0.3, -0.25) is 14.9 Å².